The Morgan fingerprint density at radius 1 is 1.20 bits per heavy atom. The van der Waals surface area contributed by atoms with Crippen LogP contribution in [0, 0.1) is 28.6 Å². The molecule has 4 atom stereocenters. The topological polar surface area (TPSA) is 0 Å². The highest BCUT2D eigenvalue weighted by Gasteiger charge is 2.58. The molecule has 3 aliphatic carbocycles. The fourth-order valence-corrected chi connectivity index (χ4v) is 5.19. The molecule has 0 aromatic heterocycles. The molecule has 2 saturated carbocycles. The van der Waals surface area contributed by atoms with E-state index in [1.165, 1.54) is 25.7 Å². The van der Waals surface area contributed by atoms with Crippen LogP contribution in [0.25, 0.3) is 0 Å². The van der Waals surface area contributed by atoms with Gasteiger partial charge in [0.2, 0.25) is 0 Å². The zero-order chi connectivity index (χ0) is 10.8. The number of allylic oxidation sites excluding steroid dienone is 2. The molecule has 0 aromatic rings. The van der Waals surface area contributed by atoms with Gasteiger partial charge in [-0.15, -0.1) is 0 Å². The van der Waals surface area contributed by atoms with Crippen molar-refractivity contribution in [1.82, 2.24) is 0 Å². The Balaban J connectivity index is 2.04. The summed E-state index contributed by atoms with van der Waals surface area (Å²) in [5.74, 6) is 2.80. The first-order valence-electron chi connectivity index (χ1n) is 6.64. The normalized spacial score (nSPS) is 51.5. The zero-order valence-electron chi connectivity index (χ0n) is 10.6. The summed E-state index contributed by atoms with van der Waals surface area (Å²) in [5, 5.41) is 0. The predicted octanol–water partition coefficient (Wildman–Crippen LogP) is 4.42. The molecule has 0 radical (unpaired) electrons. The Hall–Kier alpha value is -0.260. The second kappa shape index (κ2) is 2.70. The van der Waals surface area contributed by atoms with Gasteiger partial charge >= 0.3 is 0 Å². The maximum atomic E-state index is 2.59. The molecule has 0 heterocycles. The lowest BCUT2D eigenvalue weighted by atomic mass is 9.65. The zero-order valence-corrected chi connectivity index (χ0v) is 10.6. The molecule has 0 heteroatoms. The van der Waals surface area contributed by atoms with Crippen LogP contribution in [0.3, 0.4) is 0 Å². The Labute approximate surface area is 94.1 Å². The van der Waals surface area contributed by atoms with Crippen LogP contribution in [0.4, 0.5) is 0 Å². The molecule has 0 spiro atoms. The molecule has 0 bridgehead atoms. The highest BCUT2D eigenvalue weighted by atomic mass is 14.6. The van der Waals surface area contributed by atoms with Gasteiger partial charge in [0.05, 0.1) is 0 Å². The molecule has 0 unspecified atom stereocenters. The molecule has 2 fully saturated rings. The third-order valence-electron chi connectivity index (χ3n) is 5.66. The molecule has 0 aliphatic heterocycles. The Kier molecular flexibility index (Phi) is 1.79. The maximum Gasteiger partial charge on any atom is -0.0110 e. The maximum absolute atomic E-state index is 2.59. The van der Waals surface area contributed by atoms with Crippen LogP contribution in [0.2, 0.25) is 0 Å². The van der Waals surface area contributed by atoms with E-state index in [1.807, 2.05) is 5.57 Å². The van der Waals surface area contributed by atoms with Gasteiger partial charge < -0.3 is 0 Å². The van der Waals surface area contributed by atoms with Crippen molar-refractivity contribution < 1.29 is 0 Å². The standard InChI is InChI=1S/C15H24/c1-10-5-6-12-13-11(10)7-8-15(13,4)9-14(12,2)3/h7,10,12-13H,5-6,8-9H2,1-4H3/t10-,12-,13-,15+/m1/s1. The average Bonchev–Trinajstić information content (AvgIpc) is 2.53. The van der Waals surface area contributed by atoms with Gasteiger partial charge in [-0.1, -0.05) is 39.3 Å². The van der Waals surface area contributed by atoms with Crippen LogP contribution in [-0.4, -0.2) is 0 Å². The Morgan fingerprint density at radius 2 is 1.93 bits per heavy atom. The van der Waals surface area contributed by atoms with Crippen molar-refractivity contribution in [2.75, 3.05) is 0 Å². The predicted molar refractivity (Wildman–Crippen MR) is 64.6 cm³/mol. The van der Waals surface area contributed by atoms with E-state index in [-0.39, 0.29) is 0 Å². The summed E-state index contributed by atoms with van der Waals surface area (Å²) in [6, 6.07) is 0. The molecule has 3 aliphatic rings. The summed E-state index contributed by atoms with van der Waals surface area (Å²) in [4.78, 5) is 0. The van der Waals surface area contributed by atoms with Crippen LogP contribution in [0.1, 0.15) is 53.4 Å². The van der Waals surface area contributed by atoms with Crippen molar-refractivity contribution in [3.05, 3.63) is 11.6 Å². The van der Waals surface area contributed by atoms with Crippen LogP contribution in [-0.2, 0) is 0 Å². The molecular weight excluding hydrogens is 180 g/mol. The summed E-state index contributed by atoms with van der Waals surface area (Å²) in [5.41, 5.74) is 3.05. The first kappa shape index (κ1) is 9.93. The van der Waals surface area contributed by atoms with E-state index >= 15 is 0 Å². The first-order valence-corrected chi connectivity index (χ1v) is 6.64. The van der Waals surface area contributed by atoms with Gasteiger partial charge in [0, 0.05) is 0 Å². The summed E-state index contributed by atoms with van der Waals surface area (Å²) in [6.07, 6.45) is 8.31. The third kappa shape index (κ3) is 1.14. The number of hydrogen-bond acceptors (Lipinski definition) is 0. The van der Waals surface area contributed by atoms with Gasteiger partial charge in [0.25, 0.3) is 0 Å². The van der Waals surface area contributed by atoms with Gasteiger partial charge in [-0.3, -0.25) is 0 Å². The molecule has 84 valence electrons. The molecule has 15 heavy (non-hydrogen) atoms. The Bertz CT molecular complexity index is 323. The summed E-state index contributed by atoms with van der Waals surface area (Å²) in [7, 11) is 0. The van der Waals surface area contributed by atoms with E-state index in [1.54, 1.807) is 0 Å². The largest absolute Gasteiger partial charge is 0.0842 e. The van der Waals surface area contributed by atoms with E-state index < -0.39 is 0 Å². The first-order chi connectivity index (χ1) is 6.94. The third-order valence-corrected chi connectivity index (χ3v) is 5.66. The quantitative estimate of drug-likeness (QED) is 0.513. The number of hydrogen-bond donors (Lipinski definition) is 0. The van der Waals surface area contributed by atoms with Crippen molar-refractivity contribution in [3.63, 3.8) is 0 Å². The van der Waals surface area contributed by atoms with Crippen LogP contribution >= 0.6 is 0 Å². The van der Waals surface area contributed by atoms with Gasteiger partial charge in [0.15, 0.2) is 0 Å². The van der Waals surface area contributed by atoms with Crippen LogP contribution in [0.5, 0.6) is 0 Å². The molecule has 0 aromatic carbocycles. The monoisotopic (exact) mass is 204 g/mol. The van der Waals surface area contributed by atoms with Gasteiger partial charge in [-0.2, -0.15) is 0 Å². The van der Waals surface area contributed by atoms with Crippen molar-refractivity contribution in [2.24, 2.45) is 28.6 Å². The van der Waals surface area contributed by atoms with Gasteiger partial charge in [-0.05, 0) is 54.3 Å². The lowest BCUT2D eigenvalue weighted by Crippen LogP contribution is -2.31. The second-order valence-corrected chi connectivity index (χ2v) is 7.29. The van der Waals surface area contributed by atoms with E-state index in [0.29, 0.717) is 10.8 Å². The summed E-state index contributed by atoms with van der Waals surface area (Å²) in [6.45, 7) is 10.0. The summed E-state index contributed by atoms with van der Waals surface area (Å²) >= 11 is 0. The summed E-state index contributed by atoms with van der Waals surface area (Å²) < 4.78 is 0. The van der Waals surface area contributed by atoms with E-state index in [0.717, 1.165) is 17.8 Å². The van der Waals surface area contributed by atoms with E-state index in [2.05, 4.69) is 33.8 Å². The van der Waals surface area contributed by atoms with Crippen molar-refractivity contribution >= 4 is 0 Å². The van der Waals surface area contributed by atoms with Gasteiger partial charge in [0.1, 0.15) is 0 Å². The van der Waals surface area contributed by atoms with Crippen LogP contribution in [0.15, 0.2) is 11.6 Å². The lowest BCUT2D eigenvalue weighted by molar-refractivity contribution is 0.169. The molecule has 0 nitrogen and oxygen atoms in total. The number of rotatable bonds is 0. The minimum atomic E-state index is 0.596. The highest BCUT2D eigenvalue weighted by molar-refractivity contribution is 5.29. The van der Waals surface area contributed by atoms with Crippen molar-refractivity contribution in [1.29, 1.82) is 0 Å². The van der Waals surface area contributed by atoms with Crippen molar-refractivity contribution in [2.45, 2.75) is 53.4 Å². The minimum absolute atomic E-state index is 0.596. The molecular formula is C15H24. The fraction of sp³-hybridized carbons (Fsp3) is 0.867. The second-order valence-electron chi connectivity index (χ2n) is 7.29. The molecule has 0 amide bonds. The lowest BCUT2D eigenvalue weighted by Gasteiger charge is -2.39. The van der Waals surface area contributed by atoms with Crippen molar-refractivity contribution in [3.8, 4) is 0 Å². The molecule has 0 saturated heterocycles. The Morgan fingerprint density at radius 3 is 2.67 bits per heavy atom. The van der Waals surface area contributed by atoms with Gasteiger partial charge in [-0.25, -0.2) is 0 Å². The average molecular weight is 204 g/mol. The minimum Gasteiger partial charge on any atom is -0.0842 e. The fourth-order valence-electron chi connectivity index (χ4n) is 5.19. The molecule has 3 rings (SSSR count). The van der Waals surface area contributed by atoms with E-state index in [4.69, 9.17) is 0 Å². The highest BCUT2D eigenvalue weighted by Crippen LogP contribution is 2.67. The SMILES string of the molecule is C[C@@H]1CC[C@@H]2[C@H]3C1=CC[C@@]3(C)CC2(C)C. The smallest absolute Gasteiger partial charge is 0.0110 e. The van der Waals surface area contributed by atoms with Crippen LogP contribution < -0.4 is 0 Å². The molecule has 0 N–H and O–H groups in total. The van der Waals surface area contributed by atoms with E-state index in [9.17, 15) is 0 Å².